The molecule has 3 aromatic carbocycles. The molecule has 65 heavy (non-hydrogen) atoms. The van der Waals surface area contributed by atoms with Crippen molar-refractivity contribution < 1.29 is 53.1 Å². The Hall–Kier alpha value is -5.83. The third-order valence-corrected chi connectivity index (χ3v) is 12.4. The van der Waals surface area contributed by atoms with Gasteiger partial charge in [-0.15, -0.1) is 13.2 Å². The topological polar surface area (TPSA) is 167 Å². The molecule has 1 aliphatic heterocycles. The molecule has 1 heterocycles. The second-order valence-electron chi connectivity index (χ2n) is 16.5. The van der Waals surface area contributed by atoms with Gasteiger partial charge in [-0.05, 0) is 91.8 Å². The van der Waals surface area contributed by atoms with Gasteiger partial charge in [0, 0.05) is 43.7 Å². The number of oxime groups is 1. The van der Waals surface area contributed by atoms with Crippen LogP contribution in [0.2, 0.25) is 0 Å². The smallest absolute Gasteiger partial charge is 0.417 e. The second-order valence-corrected chi connectivity index (χ2v) is 16.5. The van der Waals surface area contributed by atoms with E-state index in [1.54, 1.807) is 54.5 Å². The Morgan fingerprint density at radius 2 is 1.72 bits per heavy atom. The van der Waals surface area contributed by atoms with Gasteiger partial charge in [0.1, 0.15) is 35.6 Å². The summed E-state index contributed by atoms with van der Waals surface area (Å²) in [5.74, 6) is -0.647. The summed E-state index contributed by atoms with van der Waals surface area (Å²) >= 11 is 0. The minimum Gasteiger partial charge on any atom is -0.497 e. The van der Waals surface area contributed by atoms with Gasteiger partial charge in [0.25, 0.3) is 0 Å². The number of anilines is 1. The lowest BCUT2D eigenvalue weighted by atomic mass is 9.55. The Labute approximate surface area is 382 Å². The second kappa shape index (κ2) is 23.9. The minimum absolute atomic E-state index is 0.00134. The number of nitrogens with one attached hydrogen (secondary N) is 1. The lowest BCUT2D eigenvalue weighted by molar-refractivity contribution is -0.255. The van der Waals surface area contributed by atoms with E-state index < -0.39 is 29.9 Å². The highest BCUT2D eigenvalue weighted by Crippen LogP contribution is 2.62. The van der Waals surface area contributed by atoms with Crippen molar-refractivity contribution in [3.63, 3.8) is 0 Å². The summed E-state index contributed by atoms with van der Waals surface area (Å²) in [5.41, 5.74) is 3.69. The van der Waals surface area contributed by atoms with Crippen molar-refractivity contribution in [2.24, 2.45) is 22.9 Å². The molecule has 6 unspecified atom stereocenters. The van der Waals surface area contributed by atoms with Gasteiger partial charge in [-0.1, -0.05) is 73.5 Å². The fourth-order valence-corrected chi connectivity index (χ4v) is 9.54. The van der Waals surface area contributed by atoms with Gasteiger partial charge >= 0.3 is 12.2 Å². The summed E-state index contributed by atoms with van der Waals surface area (Å²) in [6.07, 6.45) is 10.0. The first-order valence-corrected chi connectivity index (χ1v) is 22.7. The van der Waals surface area contributed by atoms with E-state index in [4.69, 9.17) is 38.4 Å². The number of nitrogens with zero attached hydrogens (tertiary/aromatic N) is 2. The average Bonchev–Trinajstić information content (AvgIpc) is 3.32. The number of hydrogen-bond acceptors (Lipinski definition) is 12. The fraction of sp³-hybridized carbons (Fsp3) is 0.471. The van der Waals surface area contributed by atoms with E-state index in [1.165, 1.54) is 7.11 Å². The number of benzene rings is 3. The van der Waals surface area contributed by atoms with Crippen LogP contribution in [0.5, 0.6) is 23.0 Å². The Balaban J connectivity index is 1.53. The Kier molecular flexibility index (Phi) is 17.9. The van der Waals surface area contributed by atoms with Crippen LogP contribution in [0.1, 0.15) is 81.8 Å². The largest absolute Gasteiger partial charge is 0.497 e. The van der Waals surface area contributed by atoms with E-state index in [0.717, 1.165) is 42.4 Å². The molecule has 3 aromatic rings. The molecular formula is C51H65N3O11. The number of ether oxygens (including phenoxy) is 6. The fourth-order valence-electron chi connectivity index (χ4n) is 9.54. The van der Waals surface area contributed by atoms with Crippen molar-refractivity contribution in [2.45, 2.75) is 89.1 Å². The van der Waals surface area contributed by atoms with Crippen LogP contribution in [0.15, 0.2) is 109 Å². The molecule has 1 fully saturated rings. The summed E-state index contributed by atoms with van der Waals surface area (Å²) < 4.78 is 37.0. The van der Waals surface area contributed by atoms with Crippen molar-refractivity contribution in [2.75, 3.05) is 52.5 Å². The molecule has 14 heteroatoms. The molecule has 0 saturated heterocycles. The molecule has 14 nitrogen and oxygen atoms in total. The van der Waals surface area contributed by atoms with Crippen LogP contribution in [0.3, 0.4) is 0 Å². The quantitative estimate of drug-likeness (QED) is 0.0445. The van der Waals surface area contributed by atoms with Crippen LogP contribution in [0, 0.1) is 17.8 Å². The van der Waals surface area contributed by atoms with Gasteiger partial charge < -0.3 is 43.5 Å². The Morgan fingerprint density at radius 1 is 0.954 bits per heavy atom. The monoisotopic (exact) mass is 895 g/mol. The molecule has 3 aliphatic rings. The predicted molar refractivity (Wildman–Crippen MR) is 249 cm³/mol. The zero-order chi connectivity index (χ0) is 46.2. The SMILES string of the molecule is C=CCCOC(=O)N(CCC)C1CC(=NOCc2ccccc2)C2=CC(CCCCO)C(CCCCO)C3c4cc(OC(=O)Nc5ccc(OC)cc5OC)ccc4OC1(OCC=C)C23. The Morgan fingerprint density at radius 3 is 2.43 bits per heavy atom. The Bertz CT molecular complexity index is 2130. The van der Waals surface area contributed by atoms with Crippen molar-refractivity contribution in [1.82, 2.24) is 4.90 Å². The van der Waals surface area contributed by atoms with Crippen LogP contribution < -0.4 is 24.3 Å². The molecule has 2 amide bonds. The number of carbonyl (C=O) groups is 2. The number of methoxy groups -OCH3 is 2. The number of carbonyl (C=O) groups excluding carboxylic acids is 2. The molecular weight excluding hydrogens is 831 g/mol. The van der Waals surface area contributed by atoms with Crippen molar-refractivity contribution in [1.29, 1.82) is 0 Å². The van der Waals surface area contributed by atoms with E-state index >= 15 is 0 Å². The van der Waals surface area contributed by atoms with Crippen molar-refractivity contribution >= 4 is 23.6 Å². The summed E-state index contributed by atoms with van der Waals surface area (Å²) in [4.78, 5) is 35.8. The van der Waals surface area contributed by atoms with Crippen LogP contribution >= 0.6 is 0 Å². The zero-order valence-corrected chi connectivity index (χ0v) is 38.0. The van der Waals surface area contributed by atoms with Gasteiger partial charge in [-0.3, -0.25) is 10.2 Å². The zero-order valence-electron chi connectivity index (χ0n) is 38.0. The maximum Gasteiger partial charge on any atom is 0.417 e. The summed E-state index contributed by atoms with van der Waals surface area (Å²) in [6.45, 7) is 10.8. The van der Waals surface area contributed by atoms with E-state index in [9.17, 15) is 19.8 Å². The number of fused-ring (bicyclic) bond motifs is 2. The van der Waals surface area contributed by atoms with Crippen molar-refractivity contribution in [3.8, 4) is 23.0 Å². The van der Waals surface area contributed by atoms with Crippen LogP contribution in [-0.4, -0.2) is 92.0 Å². The molecule has 2 aliphatic carbocycles. The van der Waals surface area contributed by atoms with Gasteiger partial charge in [0.2, 0.25) is 5.79 Å². The number of aliphatic hydroxyl groups is 2. The molecule has 3 N–H and O–H groups in total. The molecule has 0 aromatic heterocycles. The third-order valence-electron chi connectivity index (χ3n) is 12.4. The molecule has 0 spiro atoms. The maximum atomic E-state index is 14.3. The standard InChI is InChI=1S/C51H65N3O11/c1-6-9-29-61-50(58)54(25-7-2)46-33-43(53-63-34-35-17-11-10-12-18-35)40-30-36(19-13-15-26-55)39(20-14-16-27-56)47-41-31-38(22-24-44(41)65-51(46,48(40)47)62-28-8-3)64-49(57)52-42-23-21-37(59-4)32-45(42)60-5/h6,8,10-12,17-18,21-24,30-32,36,39,46-48,55-56H,1,3,7,9,13-16,19-20,25-29,33-34H2,2,4-5H3,(H,52,57). The van der Waals surface area contributed by atoms with Crippen LogP contribution in [0.4, 0.5) is 15.3 Å². The lowest BCUT2D eigenvalue weighted by Crippen LogP contribution is -2.70. The van der Waals surface area contributed by atoms with Gasteiger partial charge in [-0.2, -0.15) is 0 Å². The first kappa shape index (κ1) is 48.6. The summed E-state index contributed by atoms with van der Waals surface area (Å²) in [5, 5.41) is 27.6. The van der Waals surface area contributed by atoms with Gasteiger partial charge in [0.05, 0.1) is 44.8 Å². The van der Waals surface area contributed by atoms with E-state index in [1.807, 2.05) is 43.3 Å². The van der Waals surface area contributed by atoms with Gasteiger partial charge in [-0.25, -0.2) is 9.59 Å². The maximum absolute atomic E-state index is 14.3. The number of aliphatic hydroxyl groups excluding tert-OH is 2. The molecule has 0 radical (unpaired) electrons. The highest BCUT2D eigenvalue weighted by Gasteiger charge is 2.65. The van der Waals surface area contributed by atoms with E-state index in [2.05, 4.69) is 24.6 Å². The highest BCUT2D eigenvalue weighted by atomic mass is 16.7. The number of rotatable bonds is 24. The normalized spacial score (nSPS) is 22.3. The van der Waals surface area contributed by atoms with E-state index in [-0.39, 0.29) is 63.0 Å². The van der Waals surface area contributed by atoms with Crippen LogP contribution in [0.25, 0.3) is 0 Å². The first-order chi connectivity index (χ1) is 31.7. The molecule has 6 atom stereocenters. The number of hydrogen-bond donors (Lipinski definition) is 3. The molecule has 6 rings (SSSR count). The van der Waals surface area contributed by atoms with Gasteiger partial charge in [0.15, 0.2) is 0 Å². The predicted octanol–water partition coefficient (Wildman–Crippen LogP) is 9.57. The summed E-state index contributed by atoms with van der Waals surface area (Å²) in [6, 6.07) is 19.4. The average molecular weight is 896 g/mol. The number of unbranched alkanes of at least 4 members (excludes halogenated alkanes) is 2. The molecule has 350 valence electrons. The molecule has 0 bridgehead atoms. The number of amides is 2. The lowest BCUT2D eigenvalue weighted by Gasteiger charge is -2.59. The summed E-state index contributed by atoms with van der Waals surface area (Å²) in [7, 11) is 3.05. The highest BCUT2D eigenvalue weighted by molar-refractivity contribution is 6.03. The van der Waals surface area contributed by atoms with Crippen molar-refractivity contribution in [3.05, 3.63) is 115 Å². The minimum atomic E-state index is -1.47. The number of allylic oxidation sites excluding steroid dienone is 1. The molecule has 1 saturated carbocycles. The van der Waals surface area contributed by atoms with Crippen LogP contribution in [-0.2, 0) is 20.9 Å². The first-order valence-electron chi connectivity index (χ1n) is 22.7. The third kappa shape index (κ3) is 11.5. The van der Waals surface area contributed by atoms with E-state index in [0.29, 0.717) is 60.9 Å².